The lowest BCUT2D eigenvalue weighted by Gasteiger charge is -2.29. The normalized spacial score (nSPS) is 17.7. The van der Waals surface area contributed by atoms with Gasteiger partial charge in [0.2, 0.25) is 0 Å². The van der Waals surface area contributed by atoms with Crippen molar-refractivity contribution in [2.75, 3.05) is 74.8 Å². The molecule has 1 N–H and O–H groups in total. The molecule has 0 atom stereocenters. The number of anilines is 3. The lowest BCUT2D eigenvalue weighted by molar-refractivity contribution is 0.122. The first-order valence-electron chi connectivity index (χ1n) is 10.0. The van der Waals surface area contributed by atoms with Gasteiger partial charge >= 0.3 is 0 Å². The van der Waals surface area contributed by atoms with Crippen LogP contribution in [0, 0.1) is 0 Å². The minimum Gasteiger partial charge on any atom is -0.386 e. The lowest BCUT2D eigenvalue weighted by Crippen LogP contribution is -2.36. The van der Waals surface area contributed by atoms with Gasteiger partial charge in [-0.15, -0.1) is 5.10 Å². The molecule has 29 heavy (non-hydrogen) atoms. The SMILES string of the molecule is CNc1ccc(N2CCOCC2)cc1-n1nnc2c(N3CCOCC3)nccc21. The van der Waals surface area contributed by atoms with Crippen LogP contribution < -0.4 is 15.1 Å². The number of nitrogens with one attached hydrogen (secondary N) is 1. The van der Waals surface area contributed by atoms with Gasteiger partial charge in [0, 0.05) is 45.1 Å². The molecule has 0 aliphatic carbocycles. The van der Waals surface area contributed by atoms with E-state index in [0.717, 1.165) is 73.3 Å². The Bertz CT molecular complexity index is 994. The van der Waals surface area contributed by atoms with Crippen molar-refractivity contribution in [3.63, 3.8) is 0 Å². The van der Waals surface area contributed by atoms with Crippen molar-refractivity contribution >= 4 is 28.2 Å². The molecule has 5 rings (SSSR count). The Morgan fingerprint density at radius 1 is 0.931 bits per heavy atom. The highest BCUT2D eigenvalue weighted by Gasteiger charge is 2.20. The second-order valence-electron chi connectivity index (χ2n) is 7.15. The van der Waals surface area contributed by atoms with E-state index in [4.69, 9.17) is 9.47 Å². The maximum absolute atomic E-state index is 5.49. The summed E-state index contributed by atoms with van der Waals surface area (Å²) in [5.74, 6) is 0.868. The van der Waals surface area contributed by atoms with E-state index in [9.17, 15) is 0 Å². The van der Waals surface area contributed by atoms with Crippen LogP contribution in [-0.2, 0) is 9.47 Å². The standard InChI is InChI=1S/C20H25N7O2/c1-21-16-3-2-15(25-6-10-28-11-7-25)14-18(16)27-17-4-5-22-20(19(17)23-24-27)26-8-12-29-13-9-26/h2-5,14,21H,6-13H2,1H3. The van der Waals surface area contributed by atoms with Crippen LogP contribution >= 0.6 is 0 Å². The molecule has 0 amide bonds. The fourth-order valence-corrected chi connectivity index (χ4v) is 3.95. The molecule has 0 unspecified atom stereocenters. The van der Waals surface area contributed by atoms with Crippen LogP contribution in [0.25, 0.3) is 16.7 Å². The van der Waals surface area contributed by atoms with Crippen LogP contribution in [0.3, 0.4) is 0 Å². The van der Waals surface area contributed by atoms with Crippen LogP contribution in [0.2, 0.25) is 0 Å². The van der Waals surface area contributed by atoms with E-state index in [1.165, 1.54) is 0 Å². The van der Waals surface area contributed by atoms with Gasteiger partial charge in [-0.25, -0.2) is 9.67 Å². The predicted molar refractivity (Wildman–Crippen MR) is 112 cm³/mol. The van der Waals surface area contributed by atoms with E-state index in [0.29, 0.717) is 13.2 Å². The molecule has 9 nitrogen and oxygen atoms in total. The quantitative estimate of drug-likeness (QED) is 0.712. The molecule has 0 bridgehead atoms. The van der Waals surface area contributed by atoms with E-state index in [1.807, 2.05) is 24.0 Å². The number of fused-ring (bicyclic) bond motifs is 1. The van der Waals surface area contributed by atoms with Gasteiger partial charge in [0.25, 0.3) is 0 Å². The Morgan fingerprint density at radius 2 is 1.66 bits per heavy atom. The maximum Gasteiger partial charge on any atom is 0.158 e. The van der Waals surface area contributed by atoms with E-state index in [-0.39, 0.29) is 0 Å². The number of hydrogen-bond acceptors (Lipinski definition) is 8. The molecule has 2 aliphatic rings. The van der Waals surface area contributed by atoms with E-state index >= 15 is 0 Å². The zero-order valence-corrected chi connectivity index (χ0v) is 16.5. The van der Waals surface area contributed by atoms with Crippen LogP contribution in [-0.4, -0.2) is 79.6 Å². The molecule has 2 aliphatic heterocycles. The van der Waals surface area contributed by atoms with Crippen LogP contribution in [0.5, 0.6) is 0 Å². The summed E-state index contributed by atoms with van der Waals surface area (Å²) in [4.78, 5) is 9.14. The maximum atomic E-state index is 5.49. The van der Waals surface area contributed by atoms with Crippen molar-refractivity contribution in [3.05, 3.63) is 30.5 Å². The monoisotopic (exact) mass is 395 g/mol. The Labute approximate surface area is 169 Å². The average molecular weight is 395 g/mol. The van der Waals surface area contributed by atoms with Gasteiger partial charge < -0.3 is 24.6 Å². The second kappa shape index (κ2) is 7.84. The molecule has 152 valence electrons. The molecule has 1 aromatic carbocycles. The minimum atomic E-state index is 0.706. The van der Waals surface area contributed by atoms with Crippen LogP contribution in [0.1, 0.15) is 0 Å². The Balaban J connectivity index is 1.58. The first-order valence-corrected chi connectivity index (χ1v) is 10.0. The molecule has 0 radical (unpaired) electrons. The zero-order chi connectivity index (χ0) is 19.6. The number of ether oxygens (including phenoxy) is 2. The first-order chi connectivity index (χ1) is 14.3. The summed E-state index contributed by atoms with van der Waals surface area (Å²) in [6, 6.07) is 8.37. The van der Waals surface area contributed by atoms with Crippen molar-refractivity contribution in [2.45, 2.75) is 0 Å². The molecule has 0 saturated carbocycles. The number of morpholine rings is 2. The van der Waals surface area contributed by atoms with Gasteiger partial charge in [-0.05, 0) is 24.3 Å². The molecular formula is C20H25N7O2. The molecule has 4 heterocycles. The third-order valence-electron chi connectivity index (χ3n) is 5.51. The summed E-state index contributed by atoms with van der Waals surface area (Å²) >= 11 is 0. The predicted octanol–water partition coefficient (Wildman–Crippen LogP) is 1.53. The summed E-state index contributed by atoms with van der Waals surface area (Å²) < 4.78 is 12.9. The number of benzene rings is 1. The second-order valence-corrected chi connectivity index (χ2v) is 7.15. The topological polar surface area (TPSA) is 80.6 Å². The third-order valence-corrected chi connectivity index (χ3v) is 5.51. The van der Waals surface area contributed by atoms with Crippen molar-refractivity contribution in [1.82, 2.24) is 20.0 Å². The zero-order valence-electron chi connectivity index (χ0n) is 16.5. The Morgan fingerprint density at radius 3 is 2.38 bits per heavy atom. The summed E-state index contributed by atoms with van der Waals surface area (Å²) in [6.45, 7) is 6.33. The summed E-state index contributed by atoms with van der Waals surface area (Å²) in [5.41, 5.74) is 4.88. The highest BCUT2D eigenvalue weighted by Crippen LogP contribution is 2.30. The number of pyridine rings is 1. The third kappa shape index (κ3) is 3.36. The number of hydrogen-bond donors (Lipinski definition) is 1. The summed E-state index contributed by atoms with van der Waals surface area (Å²) in [7, 11) is 1.92. The van der Waals surface area contributed by atoms with Crippen molar-refractivity contribution < 1.29 is 9.47 Å². The van der Waals surface area contributed by atoms with E-state index in [2.05, 4.69) is 48.6 Å². The van der Waals surface area contributed by atoms with Gasteiger partial charge in [0.05, 0.1) is 37.8 Å². The van der Waals surface area contributed by atoms with E-state index < -0.39 is 0 Å². The van der Waals surface area contributed by atoms with E-state index in [1.54, 1.807) is 0 Å². The smallest absolute Gasteiger partial charge is 0.158 e. The number of aromatic nitrogens is 4. The highest BCUT2D eigenvalue weighted by atomic mass is 16.5. The van der Waals surface area contributed by atoms with Gasteiger partial charge in [-0.2, -0.15) is 0 Å². The van der Waals surface area contributed by atoms with Gasteiger partial charge in [0.15, 0.2) is 11.3 Å². The molecule has 2 aromatic heterocycles. The number of rotatable bonds is 4. The molecule has 0 spiro atoms. The van der Waals surface area contributed by atoms with Crippen molar-refractivity contribution in [2.24, 2.45) is 0 Å². The van der Waals surface area contributed by atoms with Gasteiger partial charge in [0.1, 0.15) is 5.52 Å². The largest absolute Gasteiger partial charge is 0.386 e. The fourth-order valence-electron chi connectivity index (χ4n) is 3.95. The first kappa shape index (κ1) is 18.1. The highest BCUT2D eigenvalue weighted by molar-refractivity contribution is 5.88. The van der Waals surface area contributed by atoms with Crippen LogP contribution in [0.4, 0.5) is 17.2 Å². The Kier molecular flexibility index (Phi) is 4.91. The minimum absolute atomic E-state index is 0.706. The Hall–Kier alpha value is -2.91. The van der Waals surface area contributed by atoms with Crippen molar-refractivity contribution in [1.29, 1.82) is 0 Å². The van der Waals surface area contributed by atoms with Gasteiger partial charge in [-0.1, -0.05) is 5.21 Å². The van der Waals surface area contributed by atoms with Gasteiger partial charge in [-0.3, -0.25) is 0 Å². The fraction of sp³-hybridized carbons (Fsp3) is 0.450. The summed E-state index contributed by atoms with van der Waals surface area (Å²) in [5, 5.41) is 12.3. The van der Waals surface area contributed by atoms with Crippen molar-refractivity contribution in [3.8, 4) is 5.69 Å². The molecule has 3 aromatic rings. The molecule has 2 saturated heterocycles. The molecule has 2 fully saturated rings. The van der Waals surface area contributed by atoms with Crippen LogP contribution in [0.15, 0.2) is 30.5 Å². The molecular weight excluding hydrogens is 370 g/mol. The average Bonchev–Trinajstić information content (AvgIpc) is 3.24. The number of nitrogens with zero attached hydrogens (tertiary/aromatic N) is 6. The lowest BCUT2D eigenvalue weighted by atomic mass is 10.2. The summed E-state index contributed by atoms with van der Waals surface area (Å²) in [6.07, 6.45) is 1.83. The molecule has 9 heteroatoms.